The molecule has 9 heteroatoms. The van der Waals surface area contributed by atoms with Gasteiger partial charge in [-0.15, -0.1) is 0 Å². The van der Waals surface area contributed by atoms with Crippen LogP contribution >= 0.6 is 11.6 Å². The Morgan fingerprint density at radius 2 is 1.73 bits per heavy atom. The van der Waals surface area contributed by atoms with Gasteiger partial charge in [-0.05, 0) is 42.9 Å². The number of ether oxygens (including phenoxy) is 1. The molecule has 0 bridgehead atoms. The van der Waals surface area contributed by atoms with Crippen LogP contribution < -0.4 is 9.04 Å². The van der Waals surface area contributed by atoms with Gasteiger partial charge in [0.05, 0.1) is 17.1 Å². The van der Waals surface area contributed by atoms with E-state index in [0.717, 1.165) is 19.6 Å². The first-order valence-corrected chi connectivity index (χ1v) is 11.8. The Kier molecular flexibility index (Phi) is 5.90. The summed E-state index contributed by atoms with van der Waals surface area (Å²) in [6.45, 7) is 5.79. The van der Waals surface area contributed by atoms with Gasteiger partial charge in [-0.2, -0.15) is 0 Å². The molecule has 1 atom stereocenters. The van der Waals surface area contributed by atoms with Crippen molar-refractivity contribution in [3.05, 3.63) is 53.6 Å². The normalized spacial score (nSPS) is 19.9. The van der Waals surface area contributed by atoms with E-state index in [1.807, 2.05) is 0 Å². The van der Waals surface area contributed by atoms with E-state index in [1.165, 1.54) is 28.6 Å². The number of sulfonamides is 1. The smallest absolute Gasteiger partial charge is 0.265 e. The lowest BCUT2D eigenvalue weighted by Crippen LogP contribution is -2.56. The minimum absolute atomic E-state index is 0.0746. The summed E-state index contributed by atoms with van der Waals surface area (Å²) in [6.07, 6.45) is -0.893. The molecule has 1 amide bonds. The highest BCUT2D eigenvalue weighted by molar-refractivity contribution is 7.92. The summed E-state index contributed by atoms with van der Waals surface area (Å²) in [5, 5.41) is 0.454. The van der Waals surface area contributed by atoms with Gasteiger partial charge >= 0.3 is 0 Å². The lowest BCUT2D eigenvalue weighted by Gasteiger charge is -2.39. The first-order valence-electron chi connectivity index (χ1n) is 9.95. The van der Waals surface area contributed by atoms with E-state index in [2.05, 4.69) is 11.8 Å². The van der Waals surface area contributed by atoms with Crippen LogP contribution in [-0.4, -0.2) is 69.5 Å². The number of hydrogen-bond donors (Lipinski definition) is 0. The predicted octanol–water partition coefficient (Wildman–Crippen LogP) is 2.46. The fourth-order valence-corrected chi connectivity index (χ4v) is 5.38. The largest absolute Gasteiger partial charge is 0.476 e. The van der Waals surface area contributed by atoms with Crippen molar-refractivity contribution in [1.82, 2.24) is 9.80 Å². The maximum absolute atomic E-state index is 13.4. The second-order valence-electron chi connectivity index (χ2n) is 7.32. The summed E-state index contributed by atoms with van der Waals surface area (Å²) in [5.41, 5.74) is 0.423. The van der Waals surface area contributed by atoms with E-state index in [-0.39, 0.29) is 17.3 Å². The van der Waals surface area contributed by atoms with Crippen LogP contribution in [0.3, 0.4) is 0 Å². The van der Waals surface area contributed by atoms with Crippen molar-refractivity contribution in [1.29, 1.82) is 0 Å². The van der Waals surface area contributed by atoms with Crippen molar-refractivity contribution in [2.75, 3.05) is 43.6 Å². The maximum atomic E-state index is 13.4. The van der Waals surface area contributed by atoms with Gasteiger partial charge in [-0.25, -0.2) is 8.42 Å². The Labute approximate surface area is 181 Å². The standard InChI is InChI=1S/C21H24ClN3O4S/c1-2-23-11-13-24(14-12-23)21(26)20-15-25(18-5-3-4-6-19(18)29-20)30(27,28)17-9-7-16(22)8-10-17/h3-10,20H,2,11-15H2,1H3/t20-/m0/s1. The quantitative estimate of drug-likeness (QED) is 0.717. The molecule has 0 unspecified atom stereocenters. The van der Waals surface area contributed by atoms with Gasteiger partial charge in [-0.3, -0.25) is 9.10 Å². The number of carbonyl (C=O) groups excluding carboxylic acids is 1. The molecule has 0 saturated carbocycles. The number of nitrogens with zero attached hydrogens (tertiary/aromatic N) is 3. The van der Waals surface area contributed by atoms with Crippen LogP contribution in [0.25, 0.3) is 0 Å². The summed E-state index contributed by atoms with van der Waals surface area (Å²) >= 11 is 5.92. The third kappa shape index (κ3) is 3.99. The molecule has 0 aliphatic carbocycles. The topological polar surface area (TPSA) is 70.2 Å². The van der Waals surface area contributed by atoms with Crippen LogP contribution in [0.1, 0.15) is 6.92 Å². The van der Waals surface area contributed by atoms with Gasteiger partial charge in [-0.1, -0.05) is 30.7 Å². The highest BCUT2D eigenvalue weighted by Crippen LogP contribution is 2.37. The highest BCUT2D eigenvalue weighted by Gasteiger charge is 2.39. The van der Waals surface area contributed by atoms with Gasteiger partial charge in [0, 0.05) is 31.2 Å². The van der Waals surface area contributed by atoms with Crippen LogP contribution in [0.4, 0.5) is 5.69 Å². The molecule has 2 aromatic rings. The van der Waals surface area contributed by atoms with Gasteiger partial charge in [0.25, 0.3) is 15.9 Å². The minimum Gasteiger partial charge on any atom is -0.476 e. The number of amides is 1. The van der Waals surface area contributed by atoms with Crippen molar-refractivity contribution in [3.8, 4) is 5.75 Å². The number of piperazine rings is 1. The van der Waals surface area contributed by atoms with E-state index < -0.39 is 16.1 Å². The minimum atomic E-state index is -3.89. The number of benzene rings is 2. The summed E-state index contributed by atoms with van der Waals surface area (Å²) < 4.78 is 34.0. The first-order chi connectivity index (χ1) is 14.4. The van der Waals surface area contributed by atoms with Crippen LogP contribution in [0, 0.1) is 0 Å². The molecule has 0 radical (unpaired) electrons. The van der Waals surface area contributed by atoms with Crippen molar-refractivity contribution in [2.24, 2.45) is 0 Å². The Morgan fingerprint density at radius 3 is 2.40 bits per heavy atom. The Bertz CT molecular complexity index is 1020. The Balaban J connectivity index is 1.63. The number of halogens is 1. The van der Waals surface area contributed by atoms with Crippen molar-refractivity contribution in [3.63, 3.8) is 0 Å². The SMILES string of the molecule is CCN1CCN(C(=O)[C@@H]2CN(S(=O)(=O)c3ccc(Cl)cc3)c3ccccc3O2)CC1. The van der Waals surface area contributed by atoms with E-state index in [9.17, 15) is 13.2 Å². The number of rotatable bonds is 4. The molecule has 0 aromatic heterocycles. The molecule has 2 aliphatic heterocycles. The Morgan fingerprint density at radius 1 is 1.07 bits per heavy atom. The average molecular weight is 450 g/mol. The molecule has 160 valence electrons. The Hall–Kier alpha value is -2.29. The lowest BCUT2D eigenvalue weighted by molar-refractivity contribution is -0.140. The molecule has 2 heterocycles. The summed E-state index contributed by atoms with van der Waals surface area (Å²) in [7, 11) is -3.89. The van der Waals surface area contributed by atoms with Crippen molar-refractivity contribution < 1.29 is 17.9 Å². The lowest BCUT2D eigenvalue weighted by atomic mass is 10.2. The fourth-order valence-electron chi connectivity index (χ4n) is 3.78. The molecular weight excluding hydrogens is 426 g/mol. The van der Waals surface area contributed by atoms with E-state index in [1.54, 1.807) is 29.2 Å². The third-order valence-electron chi connectivity index (χ3n) is 5.54. The predicted molar refractivity (Wildman–Crippen MR) is 116 cm³/mol. The molecule has 1 saturated heterocycles. The summed E-state index contributed by atoms with van der Waals surface area (Å²) in [4.78, 5) is 17.3. The van der Waals surface area contributed by atoms with Crippen molar-refractivity contribution >= 4 is 33.2 Å². The monoisotopic (exact) mass is 449 g/mol. The molecule has 0 spiro atoms. The van der Waals surface area contributed by atoms with Gasteiger partial charge < -0.3 is 14.5 Å². The third-order valence-corrected chi connectivity index (χ3v) is 7.59. The molecule has 30 heavy (non-hydrogen) atoms. The molecule has 0 N–H and O–H groups in total. The molecular formula is C21H24ClN3O4S. The number of hydrogen-bond acceptors (Lipinski definition) is 5. The number of carbonyl (C=O) groups is 1. The molecule has 2 aliphatic rings. The molecule has 7 nitrogen and oxygen atoms in total. The van der Waals surface area contributed by atoms with Crippen LogP contribution in [0.15, 0.2) is 53.4 Å². The zero-order valence-corrected chi connectivity index (χ0v) is 18.3. The van der Waals surface area contributed by atoms with E-state index in [0.29, 0.717) is 29.5 Å². The van der Waals surface area contributed by atoms with Gasteiger partial charge in [0.15, 0.2) is 6.10 Å². The van der Waals surface area contributed by atoms with Crippen LogP contribution in [0.5, 0.6) is 5.75 Å². The number of para-hydroxylation sites is 2. The maximum Gasteiger partial charge on any atom is 0.265 e. The first kappa shape index (κ1) is 21.0. The number of fused-ring (bicyclic) bond motifs is 1. The highest BCUT2D eigenvalue weighted by atomic mass is 35.5. The van der Waals surface area contributed by atoms with Gasteiger partial charge in [0.2, 0.25) is 0 Å². The van der Waals surface area contributed by atoms with E-state index in [4.69, 9.17) is 16.3 Å². The fraction of sp³-hybridized carbons (Fsp3) is 0.381. The van der Waals surface area contributed by atoms with Crippen molar-refractivity contribution in [2.45, 2.75) is 17.9 Å². The second kappa shape index (κ2) is 8.45. The van der Waals surface area contributed by atoms with Crippen LogP contribution in [-0.2, 0) is 14.8 Å². The summed E-state index contributed by atoms with van der Waals surface area (Å²) in [6, 6.07) is 12.9. The molecule has 2 aromatic carbocycles. The zero-order chi connectivity index (χ0) is 21.3. The van der Waals surface area contributed by atoms with Gasteiger partial charge in [0.1, 0.15) is 5.75 Å². The van der Waals surface area contributed by atoms with E-state index >= 15 is 0 Å². The molecule has 4 rings (SSSR count). The molecule has 1 fully saturated rings. The summed E-state index contributed by atoms with van der Waals surface area (Å²) in [5.74, 6) is 0.198. The van der Waals surface area contributed by atoms with Crippen LogP contribution in [0.2, 0.25) is 5.02 Å². The average Bonchev–Trinajstić information content (AvgIpc) is 2.78. The second-order valence-corrected chi connectivity index (χ2v) is 9.62. The number of likely N-dealkylation sites (N-methyl/N-ethyl adjacent to an activating group) is 1. The number of anilines is 1. The zero-order valence-electron chi connectivity index (χ0n) is 16.7.